The highest BCUT2D eigenvalue weighted by Gasteiger charge is 2.00. The Labute approximate surface area is 69.1 Å². The van der Waals surface area contributed by atoms with Crippen LogP contribution in [0, 0.1) is 5.82 Å². The van der Waals surface area contributed by atoms with Crippen LogP contribution >= 0.6 is 0 Å². The van der Waals surface area contributed by atoms with Gasteiger partial charge in [0.15, 0.2) is 0 Å². The third-order valence-corrected chi connectivity index (χ3v) is 1.40. The minimum atomic E-state index is -0.479. The summed E-state index contributed by atoms with van der Waals surface area (Å²) in [6.45, 7) is 0. The number of nitrogens with zero attached hydrogens (tertiary/aromatic N) is 1. The molecule has 1 aromatic carbocycles. The Hall–Kier alpha value is -1.58. The first kappa shape index (κ1) is 8.52. The summed E-state index contributed by atoms with van der Waals surface area (Å²) < 4.78 is 17.7. The number of halogens is 1. The molecule has 0 spiro atoms. The summed E-state index contributed by atoms with van der Waals surface area (Å²) in [5.74, 6) is -0.0465. The highest BCUT2D eigenvalue weighted by atomic mass is 19.1. The number of oxime groups is 1. The third kappa shape index (κ3) is 1.72. The van der Waals surface area contributed by atoms with Crippen LogP contribution in [0.15, 0.2) is 23.4 Å². The second-order valence-corrected chi connectivity index (χ2v) is 2.13. The minimum Gasteiger partial charge on any atom is -0.497 e. The molecule has 1 rings (SSSR count). The van der Waals surface area contributed by atoms with Gasteiger partial charge in [0.25, 0.3) is 0 Å². The first-order chi connectivity index (χ1) is 5.77. The zero-order valence-electron chi connectivity index (χ0n) is 6.49. The fourth-order valence-corrected chi connectivity index (χ4v) is 0.802. The van der Waals surface area contributed by atoms with Crippen LogP contribution in [0.1, 0.15) is 5.56 Å². The van der Waals surface area contributed by atoms with Crippen molar-refractivity contribution in [2.75, 3.05) is 7.11 Å². The first-order valence-electron chi connectivity index (χ1n) is 3.29. The number of methoxy groups -OCH3 is 1. The molecule has 0 saturated heterocycles. The Kier molecular flexibility index (Phi) is 2.63. The summed E-state index contributed by atoms with van der Waals surface area (Å²) >= 11 is 0. The van der Waals surface area contributed by atoms with Crippen LogP contribution in [0.5, 0.6) is 5.75 Å². The molecule has 0 fully saturated rings. The molecule has 0 aliphatic rings. The lowest BCUT2D eigenvalue weighted by Crippen LogP contribution is -1.90. The van der Waals surface area contributed by atoms with Crippen LogP contribution in [0.25, 0.3) is 0 Å². The predicted molar refractivity (Wildman–Crippen MR) is 42.3 cm³/mol. The van der Waals surface area contributed by atoms with E-state index in [1.807, 2.05) is 0 Å². The van der Waals surface area contributed by atoms with Crippen molar-refractivity contribution in [3.8, 4) is 5.75 Å². The molecule has 0 aromatic heterocycles. The largest absolute Gasteiger partial charge is 0.497 e. The molecular formula is C8H8FNO2. The van der Waals surface area contributed by atoms with Crippen LogP contribution in [-0.2, 0) is 0 Å². The lowest BCUT2D eigenvalue weighted by Gasteiger charge is -2.00. The molecule has 1 N–H and O–H groups in total. The summed E-state index contributed by atoms with van der Waals surface area (Å²) in [4.78, 5) is 0. The smallest absolute Gasteiger partial charge is 0.135 e. The van der Waals surface area contributed by atoms with Crippen molar-refractivity contribution in [2.45, 2.75) is 0 Å². The van der Waals surface area contributed by atoms with Crippen LogP contribution in [0.3, 0.4) is 0 Å². The van der Waals surface area contributed by atoms with E-state index in [0.717, 1.165) is 6.21 Å². The maximum atomic E-state index is 12.9. The predicted octanol–water partition coefficient (Wildman–Crippen LogP) is 1.64. The van der Waals surface area contributed by atoms with Gasteiger partial charge in [-0.05, 0) is 12.1 Å². The number of ether oxygens (including phenoxy) is 1. The normalized spacial score (nSPS) is 10.5. The number of benzene rings is 1. The highest BCUT2D eigenvalue weighted by molar-refractivity contribution is 5.79. The van der Waals surface area contributed by atoms with Crippen molar-refractivity contribution < 1.29 is 14.3 Å². The summed E-state index contributed by atoms with van der Waals surface area (Å²) in [5.41, 5.74) is 0.221. The van der Waals surface area contributed by atoms with Gasteiger partial charge in [-0.15, -0.1) is 0 Å². The molecule has 0 bridgehead atoms. The zero-order valence-corrected chi connectivity index (χ0v) is 6.49. The topological polar surface area (TPSA) is 41.8 Å². The molecule has 0 amide bonds. The Balaban J connectivity index is 3.03. The fourth-order valence-electron chi connectivity index (χ4n) is 0.802. The van der Waals surface area contributed by atoms with Crippen LogP contribution in [0.4, 0.5) is 4.39 Å². The van der Waals surface area contributed by atoms with E-state index in [-0.39, 0.29) is 5.56 Å². The van der Waals surface area contributed by atoms with E-state index in [1.165, 1.54) is 19.2 Å². The third-order valence-electron chi connectivity index (χ3n) is 1.40. The van der Waals surface area contributed by atoms with Crippen molar-refractivity contribution >= 4 is 6.21 Å². The van der Waals surface area contributed by atoms with Crippen molar-refractivity contribution in [1.29, 1.82) is 0 Å². The van der Waals surface area contributed by atoms with E-state index in [9.17, 15) is 4.39 Å². The van der Waals surface area contributed by atoms with E-state index >= 15 is 0 Å². The van der Waals surface area contributed by atoms with Gasteiger partial charge in [-0.3, -0.25) is 0 Å². The molecule has 0 radical (unpaired) electrons. The molecule has 3 nitrogen and oxygen atoms in total. The Morgan fingerprint density at radius 2 is 2.33 bits per heavy atom. The molecular weight excluding hydrogens is 161 g/mol. The van der Waals surface area contributed by atoms with E-state index in [2.05, 4.69) is 5.16 Å². The molecule has 0 atom stereocenters. The van der Waals surface area contributed by atoms with Crippen molar-refractivity contribution in [1.82, 2.24) is 0 Å². The van der Waals surface area contributed by atoms with Crippen LogP contribution in [0.2, 0.25) is 0 Å². The molecule has 0 saturated carbocycles. The van der Waals surface area contributed by atoms with Gasteiger partial charge in [-0.2, -0.15) is 0 Å². The molecule has 12 heavy (non-hydrogen) atoms. The van der Waals surface area contributed by atoms with Gasteiger partial charge in [0.1, 0.15) is 11.6 Å². The number of hydrogen-bond acceptors (Lipinski definition) is 3. The fraction of sp³-hybridized carbons (Fsp3) is 0.125. The lowest BCUT2D eigenvalue weighted by molar-refractivity contribution is 0.321. The Morgan fingerprint density at radius 3 is 2.83 bits per heavy atom. The molecule has 0 unspecified atom stereocenters. The van der Waals surface area contributed by atoms with Gasteiger partial charge in [-0.25, -0.2) is 4.39 Å². The van der Waals surface area contributed by atoms with Crippen molar-refractivity contribution in [3.05, 3.63) is 29.6 Å². The quantitative estimate of drug-likeness (QED) is 0.415. The average molecular weight is 169 g/mol. The van der Waals surface area contributed by atoms with Gasteiger partial charge in [-0.1, -0.05) is 5.16 Å². The maximum Gasteiger partial charge on any atom is 0.135 e. The van der Waals surface area contributed by atoms with E-state index < -0.39 is 5.82 Å². The van der Waals surface area contributed by atoms with Crippen molar-refractivity contribution in [2.24, 2.45) is 5.16 Å². The van der Waals surface area contributed by atoms with E-state index in [0.29, 0.717) is 5.75 Å². The van der Waals surface area contributed by atoms with Crippen molar-refractivity contribution in [3.63, 3.8) is 0 Å². The molecule has 0 aliphatic heterocycles. The molecule has 0 heterocycles. The number of hydrogen-bond donors (Lipinski definition) is 1. The second kappa shape index (κ2) is 3.71. The van der Waals surface area contributed by atoms with Gasteiger partial charge < -0.3 is 9.94 Å². The second-order valence-electron chi connectivity index (χ2n) is 2.13. The summed E-state index contributed by atoms with van der Waals surface area (Å²) in [6.07, 6.45) is 1.02. The monoisotopic (exact) mass is 169 g/mol. The lowest BCUT2D eigenvalue weighted by atomic mass is 10.2. The molecule has 4 heteroatoms. The average Bonchev–Trinajstić information content (AvgIpc) is 2.09. The van der Waals surface area contributed by atoms with E-state index in [1.54, 1.807) is 6.07 Å². The first-order valence-corrected chi connectivity index (χ1v) is 3.29. The highest BCUT2D eigenvalue weighted by Crippen LogP contribution is 2.14. The van der Waals surface area contributed by atoms with E-state index in [4.69, 9.17) is 9.94 Å². The summed E-state index contributed by atoms with van der Waals surface area (Å²) in [5, 5.41) is 10.9. The Morgan fingerprint density at radius 1 is 1.58 bits per heavy atom. The van der Waals surface area contributed by atoms with Gasteiger partial charge >= 0.3 is 0 Å². The zero-order chi connectivity index (χ0) is 8.97. The minimum absolute atomic E-state index is 0.221. The molecule has 0 aliphatic carbocycles. The van der Waals surface area contributed by atoms with Crippen LogP contribution in [-0.4, -0.2) is 18.5 Å². The summed E-state index contributed by atoms with van der Waals surface area (Å²) in [6, 6.07) is 4.27. The van der Waals surface area contributed by atoms with Crippen LogP contribution < -0.4 is 4.74 Å². The SMILES string of the molecule is COc1ccc(/C=N/O)c(F)c1. The number of rotatable bonds is 2. The van der Waals surface area contributed by atoms with Gasteiger partial charge in [0, 0.05) is 11.6 Å². The molecule has 1 aromatic rings. The standard InChI is InChI=1S/C8H8FNO2/c1-12-7-3-2-6(5-10-11)8(9)4-7/h2-5,11H,1H3/b10-5+. The van der Waals surface area contributed by atoms with Gasteiger partial charge in [0.05, 0.1) is 13.3 Å². The Bertz CT molecular complexity index is 299. The van der Waals surface area contributed by atoms with Gasteiger partial charge in [0.2, 0.25) is 0 Å². The maximum absolute atomic E-state index is 12.9. The molecule has 64 valence electrons. The summed E-state index contributed by atoms with van der Waals surface area (Å²) in [7, 11) is 1.45.